The summed E-state index contributed by atoms with van der Waals surface area (Å²) in [5.41, 5.74) is 7.99. The molecule has 1 fully saturated rings. The highest BCUT2D eigenvalue weighted by Crippen LogP contribution is 2.26. The summed E-state index contributed by atoms with van der Waals surface area (Å²) in [7, 11) is 0. The van der Waals surface area contributed by atoms with Crippen LogP contribution in [0.2, 0.25) is 5.02 Å². The van der Waals surface area contributed by atoms with Crippen LogP contribution in [0.5, 0.6) is 0 Å². The van der Waals surface area contributed by atoms with Gasteiger partial charge in [0.2, 0.25) is 5.91 Å². The summed E-state index contributed by atoms with van der Waals surface area (Å²) in [5.74, 6) is -0.377. The van der Waals surface area contributed by atoms with E-state index in [0.717, 1.165) is 30.4 Å². The van der Waals surface area contributed by atoms with Crippen molar-refractivity contribution in [1.82, 2.24) is 4.90 Å². The van der Waals surface area contributed by atoms with Gasteiger partial charge < -0.3 is 16.0 Å². The number of benzene rings is 2. The van der Waals surface area contributed by atoms with E-state index in [2.05, 4.69) is 5.32 Å². The van der Waals surface area contributed by atoms with E-state index in [0.29, 0.717) is 17.3 Å². The second-order valence-electron chi connectivity index (χ2n) is 6.53. The number of primary amides is 1. The van der Waals surface area contributed by atoms with Gasteiger partial charge in [0.1, 0.15) is 0 Å². The van der Waals surface area contributed by atoms with Crippen LogP contribution in [0.1, 0.15) is 25.7 Å². The van der Waals surface area contributed by atoms with Gasteiger partial charge in [-0.2, -0.15) is 0 Å². The number of nitrogens with zero attached hydrogens (tertiary/aromatic N) is 1. The van der Waals surface area contributed by atoms with Crippen molar-refractivity contribution in [3.8, 4) is 11.1 Å². The third kappa shape index (κ3) is 4.55. The Balaban J connectivity index is 1.74. The van der Waals surface area contributed by atoms with Gasteiger partial charge in [0.05, 0.1) is 0 Å². The molecular formula is C20H22ClN3O2. The Morgan fingerprint density at radius 3 is 2.58 bits per heavy atom. The van der Waals surface area contributed by atoms with Crippen LogP contribution in [0.25, 0.3) is 11.1 Å². The van der Waals surface area contributed by atoms with Gasteiger partial charge in [-0.05, 0) is 54.7 Å². The van der Waals surface area contributed by atoms with E-state index >= 15 is 0 Å². The average molecular weight is 372 g/mol. The zero-order chi connectivity index (χ0) is 18.5. The molecule has 0 spiro atoms. The van der Waals surface area contributed by atoms with Gasteiger partial charge in [0.25, 0.3) is 0 Å². The summed E-state index contributed by atoms with van der Waals surface area (Å²) >= 11 is 6.06. The molecule has 1 aliphatic heterocycles. The van der Waals surface area contributed by atoms with Gasteiger partial charge in [0, 0.05) is 29.7 Å². The average Bonchev–Trinajstić information content (AvgIpc) is 2.62. The highest BCUT2D eigenvalue weighted by atomic mass is 35.5. The standard InChI is InChI=1S/C20H22ClN3O2/c21-16-7-3-5-14(11-16)15-6-4-8-17(12-15)23-20(26)24-10-2-1-9-18(24)13-19(22)25/h3-8,11-12,18H,1-2,9-10,13H2,(H2,22,25)(H,23,26)/t18-/m1/s1. The van der Waals surface area contributed by atoms with Crippen molar-refractivity contribution in [3.63, 3.8) is 0 Å². The lowest BCUT2D eigenvalue weighted by atomic mass is 9.99. The summed E-state index contributed by atoms with van der Waals surface area (Å²) in [5, 5.41) is 3.61. The molecule has 0 aliphatic carbocycles. The maximum atomic E-state index is 12.7. The molecule has 5 nitrogen and oxygen atoms in total. The number of hydrogen-bond acceptors (Lipinski definition) is 2. The fraction of sp³-hybridized carbons (Fsp3) is 0.300. The minimum atomic E-state index is -0.377. The van der Waals surface area contributed by atoms with E-state index in [4.69, 9.17) is 17.3 Å². The fourth-order valence-corrected chi connectivity index (χ4v) is 3.54. The number of anilines is 1. The Morgan fingerprint density at radius 2 is 1.85 bits per heavy atom. The number of nitrogens with one attached hydrogen (secondary N) is 1. The van der Waals surface area contributed by atoms with E-state index in [-0.39, 0.29) is 24.4 Å². The minimum Gasteiger partial charge on any atom is -0.370 e. The monoisotopic (exact) mass is 371 g/mol. The molecule has 1 saturated heterocycles. The van der Waals surface area contributed by atoms with Crippen molar-refractivity contribution in [2.75, 3.05) is 11.9 Å². The summed E-state index contributed by atoms with van der Waals surface area (Å²) in [6.07, 6.45) is 2.95. The van der Waals surface area contributed by atoms with Gasteiger partial charge in [-0.3, -0.25) is 4.79 Å². The van der Waals surface area contributed by atoms with Gasteiger partial charge >= 0.3 is 6.03 Å². The number of piperidine rings is 1. The number of urea groups is 1. The summed E-state index contributed by atoms with van der Waals surface area (Å²) in [6, 6.07) is 14.9. The normalized spacial score (nSPS) is 17.0. The van der Waals surface area contributed by atoms with Crippen molar-refractivity contribution in [2.45, 2.75) is 31.7 Å². The molecule has 1 heterocycles. The first-order chi connectivity index (χ1) is 12.5. The van der Waals surface area contributed by atoms with Crippen molar-refractivity contribution >= 4 is 29.2 Å². The van der Waals surface area contributed by atoms with Crippen LogP contribution in [0.4, 0.5) is 10.5 Å². The predicted molar refractivity (Wildman–Crippen MR) is 104 cm³/mol. The molecule has 1 atom stereocenters. The van der Waals surface area contributed by atoms with Crippen LogP contribution in [-0.4, -0.2) is 29.4 Å². The van der Waals surface area contributed by atoms with E-state index < -0.39 is 0 Å². The van der Waals surface area contributed by atoms with Crippen molar-refractivity contribution in [1.29, 1.82) is 0 Å². The first kappa shape index (κ1) is 18.3. The molecular weight excluding hydrogens is 350 g/mol. The highest BCUT2D eigenvalue weighted by Gasteiger charge is 2.27. The highest BCUT2D eigenvalue weighted by molar-refractivity contribution is 6.30. The molecule has 3 rings (SSSR count). The van der Waals surface area contributed by atoms with E-state index in [1.54, 1.807) is 4.90 Å². The topological polar surface area (TPSA) is 75.4 Å². The zero-order valence-corrected chi connectivity index (χ0v) is 15.2. The van der Waals surface area contributed by atoms with Crippen molar-refractivity contribution in [3.05, 3.63) is 53.6 Å². The molecule has 2 aromatic carbocycles. The summed E-state index contributed by atoms with van der Waals surface area (Å²) < 4.78 is 0. The molecule has 1 aliphatic rings. The summed E-state index contributed by atoms with van der Waals surface area (Å²) in [6.45, 7) is 0.637. The molecule has 3 N–H and O–H groups in total. The van der Waals surface area contributed by atoms with Crippen LogP contribution in [0.3, 0.4) is 0 Å². The zero-order valence-electron chi connectivity index (χ0n) is 14.5. The Kier molecular flexibility index (Phi) is 5.78. The SMILES string of the molecule is NC(=O)C[C@H]1CCCCN1C(=O)Nc1cccc(-c2cccc(Cl)c2)c1. The lowest BCUT2D eigenvalue weighted by Crippen LogP contribution is -2.47. The van der Waals surface area contributed by atoms with Gasteiger partial charge in [-0.1, -0.05) is 35.9 Å². The number of nitrogens with two attached hydrogens (primary N) is 1. The maximum Gasteiger partial charge on any atom is 0.322 e. The van der Waals surface area contributed by atoms with E-state index in [1.165, 1.54) is 0 Å². The Bertz CT molecular complexity index is 809. The van der Waals surface area contributed by atoms with Gasteiger partial charge in [-0.15, -0.1) is 0 Å². The summed E-state index contributed by atoms with van der Waals surface area (Å²) in [4.78, 5) is 25.7. The predicted octanol–water partition coefficient (Wildman–Crippen LogP) is 4.27. The number of carbonyl (C=O) groups excluding carboxylic acids is 2. The van der Waals surface area contributed by atoms with Gasteiger partial charge in [-0.25, -0.2) is 4.79 Å². The lowest BCUT2D eigenvalue weighted by molar-refractivity contribution is -0.119. The minimum absolute atomic E-state index is 0.127. The molecule has 2 aromatic rings. The molecule has 0 aromatic heterocycles. The van der Waals surface area contributed by atoms with Gasteiger partial charge in [0.15, 0.2) is 0 Å². The van der Waals surface area contributed by atoms with Crippen LogP contribution in [-0.2, 0) is 4.79 Å². The second kappa shape index (κ2) is 8.23. The quantitative estimate of drug-likeness (QED) is 0.842. The molecule has 6 heteroatoms. The van der Waals surface area contributed by atoms with E-state index in [1.807, 2.05) is 48.5 Å². The molecule has 3 amide bonds. The molecule has 0 radical (unpaired) electrons. The lowest BCUT2D eigenvalue weighted by Gasteiger charge is -2.35. The maximum absolute atomic E-state index is 12.7. The van der Waals surface area contributed by atoms with Crippen LogP contribution in [0, 0.1) is 0 Å². The first-order valence-electron chi connectivity index (χ1n) is 8.75. The third-order valence-corrected chi connectivity index (χ3v) is 4.83. The number of rotatable bonds is 4. The fourth-order valence-electron chi connectivity index (χ4n) is 3.35. The number of amides is 3. The number of hydrogen-bond donors (Lipinski definition) is 2. The third-order valence-electron chi connectivity index (χ3n) is 4.60. The number of halogens is 1. The second-order valence-corrected chi connectivity index (χ2v) is 6.97. The Morgan fingerprint density at radius 1 is 1.12 bits per heavy atom. The molecule has 0 bridgehead atoms. The Hall–Kier alpha value is -2.53. The van der Waals surface area contributed by atoms with E-state index in [9.17, 15) is 9.59 Å². The van der Waals surface area contributed by atoms with Crippen LogP contribution < -0.4 is 11.1 Å². The molecule has 26 heavy (non-hydrogen) atoms. The van der Waals surface area contributed by atoms with Crippen molar-refractivity contribution < 1.29 is 9.59 Å². The van der Waals surface area contributed by atoms with Crippen molar-refractivity contribution in [2.24, 2.45) is 5.73 Å². The number of carbonyl (C=O) groups is 2. The molecule has 0 saturated carbocycles. The number of likely N-dealkylation sites (tertiary alicyclic amines) is 1. The van der Waals surface area contributed by atoms with Crippen LogP contribution >= 0.6 is 11.6 Å². The van der Waals surface area contributed by atoms with Crippen LogP contribution in [0.15, 0.2) is 48.5 Å². The Labute approximate surface area is 158 Å². The smallest absolute Gasteiger partial charge is 0.322 e. The molecule has 136 valence electrons. The largest absolute Gasteiger partial charge is 0.370 e. The first-order valence-corrected chi connectivity index (χ1v) is 9.12. The molecule has 0 unspecified atom stereocenters.